The first kappa shape index (κ1) is 13.4. The van der Waals surface area contributed by atoms with E-state index in [9.17, 15) is 8.78 Å². The van der Waals surface area contributed by atoms with Gasteiger partial charge >= 0.3 is 0 Å². The van der Waals surface area contributed by atoms with Crippen LogP contribution in [0.3, 0.4) is 0 Å². The van der Waals surface area contributed by atoms with Crippen molar-refractivity contribution >= 4 is 21.6 Å². The van der Waals surface area contributed by atoms with E-state index in [4.69, 9.17) is 4.74 Å². The highest BCUT2D eigenvalue weighted by Gasteiger charge is 2.17. The molecule has 2 aromatic rings. The molecule has 0 saturated heterocycles. The molecule has 20 heavy (non-hydrogen) atoms. The maximum Gasteiger partial charge on any atom is 0.181 e. The first-order chi connectivity index (χ1) is 9.65. The summed E-state index contributed by atoms with van der Waals surface area (Å²) in [6.45, 7) is 1.04. The van der Waals surface area contributed by atoms with Gasteiger partial charge < -0.3 is 10.1 Å². The minimum atomic E-state index is -0.861. The minimum absolute atomic E-state index is 0.150. The predicted molar refractivity (Wildman–Crippen MR) is 77.0 cm³/mol. The van der Waals surface area contributed by atoms with Gasteiger partial charge in [0.2, 0.25) is 0 Å². The molecule has 2 nitrogen and oxygen atoms in total. The van der Waals surface area contributed by atoms with Crippen molar-refractivity contribution in [2.24, 2.45) is 0 Å². The van der Waals surface area contributed by atoms with E-state index in [1.165, 1.54) is 12.1 Å². The van der Waals surface area contributed by atoms with Crippen molar-refractivity contribution in [1.82, 2.24) is 0 Å². The number of fused-ring (bicyclic) bond motifs is 1. The van der Waals surface area contributed by atoms with Crippen molar-refractivity contribution in [3.63, 3.8) is 0 Å². The van der Waals surface area contributed by atoms with Gasteiger partial charge in [-0.15, -0.1) is 0 Å². The Labute approximate surface area is 123 Å². The Bertz CT molecular complexity index is 661. The van der Waals surface area contributed by atoms with Gasteiger partial charge in [-0.25, -0.2) is 8.78 Å². The van der Waals surface area contributed by atoms with Crippen LogP contribution in [0.5, 0.6) is 5.75 Å². The van der Waals surface area contributed by atoms with Crippen LogP contribution in [0, 0.1) is 11.6 Å². The summed E-state index contributed by atoms with van der Waals surface area (Å²) in [5, 5.41) is 2.91. The lowest BCUT2D eigenvalue weighted by molar-refractivity contribution is 0.354. The van der Waals surface area contributed by atoms with Gasteiger partial charge in [0.25, 0.3) is 0 Å². The number of hydrogen-bond donors (Lipinski definition) is 1. The molecular formula is C15H12BrF2NO. The molecule has 0 radical (unpaired) electrons. The Morgan fingerprint density at radius 2 is 2.10 bits per heavy atom. The number of halogens is 3. The highest BCUT2D eigenvalue weighted by Crippen LogP contribution is 2.33. The number of rotatable bonds is 3. The van der Waals surface area contributed by atoms with Crippen molar-refractivity contribution in [3.05, 3.63) is 57.6 Å². The Hall–Kier alpha value is -1.62. The van der Waals surface area contributed by atoms with Gasteiger partial charge in [-0.1, -0.05) is 22.0 Å². The fourth-order valence-electron chi connectivity index (χ4n) is 2.31. The number of ether oxygens (including phenoxy) is 1. The Morgan fingerprint density at radius 3 is 2.95 bits per heavy atom. The molecule has 1 N–H and O–H groups in total. The Kier molecular flexibility index (Phi) is 3.61. The van der Waals surface area contributed by atoms with Crippen LogP contribution in [-0.4, -0.2) is 6.61 Å². The van der Waals surface area contributed by atoms with Crippen LogP contribution in [-0.2, 0) is 13.0 Å². The number of nitrogens with one attached hydrogen (secondary N) is 1. The van der Waals surface area contributed by atoms with E-state index in [1.54, 1.807) is 0 Å². The fourth-order valence-corrected chi connectivity index (χ4v) is 2.86. The molecule has 0 aliphatic carbocycles. The molecule has 0 aromatic heterocycles. The van der Waals surface area contributed by atoms with Crippen LogP contribution < -0.4 is 10.1 Å². The lowest BCUT2D eigenvalue weighted by atomic mass is 10.1. The van der Waals surface area contributed by atoms with E-state index in [2.05, 4.69) is 21.2 Å². The second-order valence-corrected chi connectivity index (χ2v) is 5.52. The molecule has 0 spiro atoms. The molecule has 2 aromatic carbocycles. The van der Waals surface area contributed by atoms with E-state index in [1.807, 2.05) is 12.1 Å². The Balaban J connectivity index is 1.84. The highest BCUT2D eigenvalue weighted by atomic mass is 79.9. The van der Waals surface area contributed by atoms with Crippen LogP contribution in [0.4, 0.5) is 14.5 Å². The molecule has 0 amide bonds. The van der Waals surface area contributed by atoms with Gasteiger partial charge in [-0.2, -0.15) is 0 Å². The summed E-state index contributed by atoms with van der Waals surface area (Å²) in [5.74, 6) is -0.872. The molecule has 104 valence electrons. The monoisotopic (exact) mass is 339 g/mol. The second-order valence-electron chi connectivity index (χ2n) is 4.61. The third-order valence-electron chi connectivity index (χ3n) is 3.25. The van der Waals surface area contributed by atoms with E-state index < -0.39 is 11.6 Å². The topological polar surface area (TPSA) is 21.3 Å². The van der Waals surface area contributed by atoms with Crippen molar-refractivity contribution in [3.8, 4) is 5.75 Å². The van der Waals surface area contributed by atoms with Gasteiger partial charge in [0.15, 0.2) is 11.6 Å². The minimum Gasteiger partial charge on any atom is -0.493 e. The molecule has 0 atom stereocenters. The third-order valence-corrected chi connectivity index (χ3v) is 3.70. The lowest BCUT2D eigenvalue weighted by Crippen LogP contribution is -2.04. The summed E-state index contributed by atoms with van der Waals surface area (Å²) >= 11 is 3.45. The molecular weight excluding hydrogens is 328 g/mol. The van der Waals surface area contributed by atoms with E-state index >= 15 is 0 Å². The van der Waals surface area contributed by atoms with Gasteiger partial charge in [0.1, 0.15) is 5.75 Å². The predicted octanol–water partition coefficient (Wildman–Crippen LogP) is 4.27. The molecule has 0 bridgehead atoms. The van der Waals surface area contributed by atoms with Gasteiger partial charge in [-0.3, -0.25) is 0 Å². The quantitative estimate of drug-likeness (QED) is 0.901. The largest absolute Gasteiger partial charge is 0.493 e. The third kappa shape index (κ3) is 2.50. The molecule has 0 unspecified atom stereocenters. The van der Waals surface area contributed by atoms with Gasteiger partial charge in [-0.05, 0) is 29.8 Å². The van der Waals surface area contributed by atoms with Crippen LogP contribution >= 0.6 is 15.9 Å². The molecule has 1 aliphatic heterocycles. The van der Waals surface area contributed by atoms with Crippen LogP contribution in [0.1, 0.15) is 11.1 Å². The summed E-state index contributed by atoms with van der Waals surface area (Å²) in [6.07, 6.45) is 0.871. The highest BCUT2D eigenvalue weighted by molar-refractivity contribution is 9.10. The van der Waals surface area contributed by atoms with Crippen LogP contribution in [0.15, 0.2) is 34.8 Å². The van der Waals surface area contributed by atoms with E-state index in [0.29, 0.717) is 13.2 Å². The van der Waals surface area contributed by atoms with Crippen molar-refractivity contribution in [1.29, 1.82) is 0 Å². The van der Waals surface area contributed by atoms with Gasteiger partial charge in [0.05, 0.1) is 12.3 Å². The molecule has 5 heteroatoms. The summed E-state index contributed by atoms with van der Waals surface area (Å²) in [4.78, 5) is 0. The van der Waals surface area contributed by atoms with Crippen LogP contribution in [0.2, 0.25) is 0 Å². The standard InChI is InChI=1S/C15H12BrF2NO/c16-11-6-9-4-5-20-15(9)10(7-11)8-19-13-3-1-2-12(17)14(13)18/h1-3,6-7,19H,4-5,8H2. The summed E-state index contributed by atoms with van der Waals surface area (Å²) in [5.41, 5.74) is 2.21. The number of hydrogen-bond acceptors (Lipinski definition) is 2. The summed E-state index contributed by atoms with van der Waals surface area (Å²) in [7, 11) is 0. The first-order valence-corrected chi connectivity index (χ1v) is 7.06. The molecule has 0 saturated carbocycles. The average Bonchev–Trinajstić information content (AvgIpc) is 2.88. The zero-order chi connectivity index (χ0) is 14.1. The lowest BCUT2D eigenvalue weighted by Gasteiger charge is -2.12. The molecule has 1 heterocycles. The summed E-state index contributed by atoms with van der Waals surface area (Å²) in [6, 6.07) is 8.03. The molecule has 1 aliphatic rings. The van der Waals surface area contributed by atoms with Crippen molar-refractivity contribution in [2.75, 3.05) is 11.9 Å². The Morgan fingerprint density at radius 1 is 1.25 bits per heavy atom. The van der Waals surface area contributed by atoms with Crippen molar-refractivity contribution < 1.29 is 13.5 Å². The number of anilines is 1. The molecule has 3 rings (SSSR count). The smallest absolute Gasteiger partial charge is 0.181 e. The normalized spacial score (nSPS) is 12.9. The SMILES string of the molecule is Fc1cccc(NCc2cc(Br)cc3c2OCC3)c1F. The zero-order valence-electron chi connectivity index (χ0n) is 10.6. The fraction of sp³-hybridized carbons (Fsp3) is 0.200. The molecule has 0 fully saturated rings. The second kappa shape index (κ2) is 5.40. The average molecular weight is 340 g/mol. The number of benzene rings is 2. The first-order valence-electron chi connectivity index (χ1n) is 6.27. The van der Waals surface area contributed by atoms with Crippen LogP contribution in [0.25, 0.3) is 0 Å². The maximum absolute atomic E-state index is 13.6. The van der Waals surface area contributed by atoms with E-state index in [-0.39, 0.29) is 5.69 Å². The zero-order valence-corrected chi connectivity index (χ0v) is 12.1. The van der Waals surface area contributed by atoms with Crippen molar-refractivity contribution in [2.45, 2.75) is 13.0 Å². The summed E-state index contributed by atoms with van der Waals surface area (Å²) < 4.78 is 33.3. The van der Waals surface area contributed by atoms with E-state index in [0.717, 1.165) is 33.8 Å². The maximum atomic E-state index is 13.6. The van der Waals surface area contributed by atoms with Gasteiger partial charge in [0, 0.05) is 23.0 Å².